The van der Waals surface area contributed by atoms with Gasteiger partial charge in [-0.15, -0.1) is 0 Å². The maximum atomic E-state index is 14.7. The van der Waals surface area contributed by atoms with E-state index in [0.29, 0.717) is 54.7 Å². The van der Waals surface area contributed by atoms with Crippen LogP contribution in [0.2, 0.25) is 0 Å². The van der Waals surface area contributed by atoms with Crippen molar-refractivity contribution in [3.05, 3.63) is 143 Å². The van der Waals surface area contributed by atoms with E-state index in [-0.39, 0.29) is 73.4 Å². The number of carbonyl (C=O) groups is 8. The Kier molecular flexibility index (Phi) is 27.4. The molecule has 0 bridgehead atoms. The largest absolute Gasteiger partial charge is 0.453 e. The van der Waals surface area contributed by atoms with E-state index in [0.717, 1.165) is 104 Å². The molecule has 0 unspecified atom stereocenters. The van der Waals surface area contributed by atoms with Gasteiger partial charge in [0, 0.05) is 96.1 Å². The molecular weight excluding hydrogens is 1450 g/mol. The van der Waals surface area contributed by atoms with Gasteiger partial charge in [0.15, 0.2) is 0 Å². The first-order chi connectivity index (χ1) is 53.7. The van der Waals surface area contributed by atoms with Crippen LogP contribution in [0.1, 0.15) is 167 Å². The Morgan fingerprint density at radius 2 is 0.903 bits per heavy atom. The fourth-order valence-electron chi connectivity index (χ4n) is 15.0. The van der Waals surface area contributed by atoms with Gasteiger partial charge >= 0.3 is 24.4 Å². The minimum Gasteiger partial charge on any atom is -0.453 e. The summed E-state index contributed by atoms with van der Waals surface area (Å²) in [5, 5.41) is 14.4. The number of aromatic amines is 2. The van der Waals surface area contributed by atoms with Gasteiger partial charge in [-0.3, -0.25) is 29.2 Å². The molecule has 6 aromatic rings. The predicted molar refractivity (Wildman–Crippen MR) is 425 cm³/mol. The predicted octanol–water partition coefficient (Wildman–Crippen LogP) is 12.1. The first kappa shape index (κ1) is 83.6. The highest BCUT2D eigenvalue weighted by molar-refractivity contribution is 6.01. The van der Waals surface area contributed by atoms with E-state index in [1.165, 1.54) is 28.4 Å². The third-order valence-electron chi connectivity index (χ3n) is 21.0. The number of fused-ring (bicyclic) bond motifs is 2. The van der Waals surface area contributed by atoms with E-state index in [1.807, 2.05) is 119 Å². The number of nitrogens with zero attached hydrogens (tertiary/aromatic N) is 8. The molecule has 6 aliphatic heterocycles. The summed E-state index contributed by atoms with van der Waals surface area (Å²) in [5.74, 6) is 15.9. The van der Waals surface area contributed by atoms with E-state index in [4.69, 9.17) is 19.2 Å². The van der Waals surface area contributed by atoms with Crippen LogP contribution in [0, 0.1) is 59.2 Å². The number of imidazole rings is 2. The van der Waals surface area contributed by atoms with Crippen molar-refractivity contribution in [1.82, 2.24) is 60.8 Å². The van der Waals surface area contributed by atoms with E-state index < -0.39 is 79.4 Å². The molecule has 6 aliphatic rings. The summed E-state index contributed by atoms with van der Waals surface area (Å²) in [6, 6.07) is 19.1. The topological polar surface area (TPSA) is 317 Å². The summed E-state index contributed by atoms with van der Waals surface area (Å²) in [6.07, 6.45) is 9.11. The van der Waals surface area contributed by atoms with Crippen molar-refractivity contribution < 1.29 is 66.1 Å². The molecule has 4 aromatic carbocycles. The second kappa shape index (κ2) is 37.0. The molecule has 596 valence electrons. The van der Waals surface area contributed by atoms with Crippen molar-refractivity contribution in [2.45, 2.75) is 175 Å². The Morgan fingerprint density at radius 3 is 1.39 bits per heavy atom. The van der Waals surface area contributed by atoms with Gasteiger partial charge in [0.25, 0.3) is 5.92 Å². The molecule has 0 radical (unpaired) electrons. The minimum absolute atomic E-state index is 0. The quantitative estimate of drug-likeness (QED) is 0.0365. The molecule has 28 heteroatoms. The number of benzene rings is 4. The van der Waals surface area contributed by atoms with Crippen LogP contribution in [0.3, 0.4) is 0 Å². The number of methoxy groups -OCH3 is 4. The molecule has 0 spiro atoms. The van der Waals surface area contributed by atoms with Crippen molar-refractivity contribution >= 4 is 81.0 Å². The molecule has 4 fully saturated rings. The molecule has 4 saturated heterocycles. The molecule has 8 atom stereocenters. The van der Waals surface area contributed by atoms with Gasteiger partial charge in [-0.05, 0) is 120 Å². The van der Waals surface area contributed by atoms with E-state index in [1.54, 1.807) is 48.4 Å². The molecule has 2 aromatic heterocycles. The standard InChI is InChI=1S/C43H49N7O6.C41H47F2N7O6.CH4/c1-26(2)37(47-42(53)55-5)40(51)49-21-9-15-35(49)34-23-28(24-44-34)17-18-29-11-7-14-33-30(12-8-13-32(29)33)19-20-31-25-45-39(46-31)36-16-10-22-50(36)41(52)38(27(3)4)48-43(54)56-6;1-23(2)34(47-39(53)55-5)37(51)49-15-7-8-32(49)36-45-21-31(46-36)29-14-13-27-16-25(11-12-28(27)18-29)9-10-26-17-30(44-20-26)33-19-41(42,43)22-50(33)38(52)35(24(3)4)48-40(54)56-6;/h7-8,11-14,24-27,35-38H,9-10,15-16,21-23H2,1-6H3,(H,45,46)(H,47,53)(H,48,54);11-14,16,18,20-21,23-24,32-35H,7-8,15,17,19,22H2,1-6H3,(H,45,46)(H,47,53)(H,48,54);1H4/t35-,36-,37-,38-;32-,33-,34-,35-;/m00./s1. The molecule has 12 rings (SSSR count). The highest BCUT2D eigenvalue weighted by Gasteiger charge is 2.51. The Labute approximate surface area is 657 Å². The Hall–Kier alpha value is -11.9. The summed E-state index contributed by atoms with van der Waals surface area (Å²) in [5.41, 5.74) is 7.67. The van der Waals surface area contributed by atoms with E-state index >= 15 is 0 Å². The van der Waals surface area contributed by atoms with Crippen LogP contribution in [0.15, 0.2) is 119 Å². The number of nitrogens with one attached hydrogen (secondary N) is 6. The lowest BCUT2D eigenvalue weighted by molar-refractivity contribution is -0.136. The third-order valence-corrected chi connectivity index (χ3v) is 21.0. The number of aromatic nitrogens is 4. The Balaban J connectivity index is 0.000000237. The number of hydrogen-bond donors (Lipinski definition) is 6. The van der Waals surface area contributed by atoms with Crippen LogP contribution in [0.25, 0.3) is 32.8 Å². The molecule has 6 N–H and O–H groups in total. The van der Waals surface area contributed by atoms with Gasteiger partial charge in [0.1, 0.15) is 41.5 Å². The van der Waals surface area contributed by atoms with Crippen LogP contribution in [0.4, 0.5) is 28.0 Å². The number of ether oxygens (including phenoxy) is 4. The molecule has 8 amide bonds. The van der Waals surface area contributed by atoms with Crippen molar-refractivity contribution in [2.75, 3.05) is 54.6 Å². The van der Waals surface area contributed by atoms with Crippen LogP contribution >= 0.6 is 0 Å². The zero-order chi connectivity index (χ0) is 80.2. The summed E-state index contributed by atoms with van der Waals surface area (Å²) in [6.45, 7) is 15.8. The molecule has 0 aliphatic carbocycles. The SMILES string of the molecule is C.COC(=O)N[C@H](C(=O)N1CC(F)(F)C[C@H]1C1=NC=C(C#Cc2ccc3cc(-c4cnc([C@@H]5CCCN5C(=O)[C@@H](NC(=O)OC)C(C)C)[nH]4)ccc3c2)C1)C(C)C.COC(=O)N[C@H](C(=O)N1CCC[C@H]1C1=NC=C(C#Cc2cccc3c(C#Cc4cnc([C@@H]5CCCN5C(=O)[C@@H](NC(=O)OC)C(C)C)[nH]4)cccc23)C1)C(C)C. The molecule has 113 heavy (non-hydrogen) atoms. The van der Waals surface area contributed by atoms with Gasteiger partial charge in [-0.1, -0.05) is 135 Å². The average Bonchev–Trinajstić information content (AvgIpc) is 1.75. The molecule has 0 saturated carbocycles. The normalized spacial score (nSPS) is 19.2. The van der Waals surface area contributed by atoms with Crippen molar-refractivity contribution in [3.8, 4) is 46.8 Å². The van der Waals surface area contributed by atoms with Crippen molar-refractivity contribution in [3.63, 3.8) is 0 Å². The van der Waals surface area contributed by atoms with Crippen molar-refractivity contribution in [2.24, 2.45) is 33.7 Å². The number of H-pyrrole nitrogens is 2. The highest BCUT2D eigenvalue weighted by atomic mass is 19.3. The van der Waals surface area contributed by atoms with E-state index in [9.17, 15) is 47.1 Å². The highest BCUT2D eigenvalue weighted by Crippen LogP contribution is 2.38. The summed E-state index contributed by atoms with van der Waals surface area (Å²) >= 11 is 0. The number of amides is 8. The summed E-state index contributed by atoms with van der Waals surface area (Å²) in [7, 11) is 5.01. The number of alkyl halides is 2. The lowest BCUT2D eigenvalue weighted by Crippen LogP contribution is -2.54. The van der Waals surface area contributed by atoms with Gasteiger partial charge in [0.05, 0.1) is 77.2 Å². The number of aliphatic imine (C=N–C) groups is 2. The zero-order valence-electron chi connectivity index (χ0n) is 65.1. The van der Waals surface area contributed by atoms with Crippen molar-refractivity contribution in [1.29, 1.82) is 0 Å². The fraction of sp³-hybridized carbons (Fsp3) is 0.459. The van der Waals surface area contributed by atoms with Gasteiger partial charge in [-0.2, -0.15) is 0 Å². The zero-order valence-corrected chi connectivity index (χ0v) is 65.1. The van der Waals surface area contributed by atoms with Crippen LogP contribution in [0.5, 0.6) is 0 Å². The number of likely N-dealkylation sites (tertiary alicyclic amines) is 4. The number of allylic oxidation sites excluding steroid dienone is 2. The number of alkyl carbamates (subject to hydrolysis) is 4. The number of halogens is 2. The average molecular weight is 1550 g/mol. The Bertz CT molecular complexity index is 4920. The van der Waals surface area contributed by atoms with Crippen LogP contribution in [-0.4, -0.2) is 196 Å². The lowest BCUT2D eigenvalue weighted by atomic mass is 9.99. The molecular formula is C85H100F2N14O12. The molecule has 8 heterocycles. The van der Waals surface area contributed by atoms with Crippen LogP contribution in [-0.2, 0) is 38.1 Å². The summed E-state index contributed by atoms with van der Waals surface area (Å²) in [4.78, 5) is 133. The molecule has 26 nitrogen and oxygen atoms in total. The first-order valence-corrected chi connectivity index (χ1v) is 37.9. The smallest absolute Gasteiger partial charge is 0.407 e. The number of hydrogen-bond acceptors (Lipinski definition) is 16. The maximum absolute atomic E-state index is 14.7. The third kappa shape index (κ3) is 19.7. The Morgan fingerprint density at radius 1 is 0.487 bits per heavy atom. The number of rotatable bonds is 17. The maximum Gasteiger partial charge on any atom is 0.407 e. The van der Waals surface area contributed by atoms with Gasteiger partial charge in [0.2, 0.25) is 23.6 Å². The fourth-order valence-corrected chi connectivity index (χ4v) is 15.0. The number of carbonyl (C=O) groups excluding carboxylic acids is 8. The van der Waals surface area contributed by atoms with E-state index in [2.05, 4.69) is 86.5 Å². The monoisotopic (exact) mass is 1550 g/mol. The van der Waals surface area contributed by atoms with Gasteiger partial charge in [-0.25, -0.2) is 37.9 Å². The first-order valence-electron chi connectivity index (χ1n) is 37.9. The minimum atomic E-state index is -3.10. The summed E-state index contributed by atoms with van der Waals surface area (Å²) < 4.78 is 48.3. The van der Waals surface area contributed by atoms with Gasteiger partial charge < -0.3 is 69.8 Å². The lowest BCUT2D eigenvalue weighted by Gasteiger charge is -2.31. The van der Waals surface area contributed by atoms with Crippen LogP contribution < -0.4 is 21.3 Å². The second-order valence-corrected chi connectivity index (χ2v) is 30.0. The second-order valence-electron chi connectivity index (χ2n) is 30.0.